The highest BCUT2D eigenvalue weighted by molar-refractivity contribution is 5.30. The largest absolute Gasteiger partial charge is 0.491 e. The summed E-state index contributed by atoms with van der Waals surface area (Å²) in [5.41, 5.74) is 3.93. The molecular formula is C17H28N2O. The van der Waals surface area contributed by atoms with Crippen LogP contribution >= 0.6 is 0 Å². The van der Waals surface area contributed by atoms with E-state index in [-0.39, 0.29) is 12.1 Å². The average molecular weight is 276 g/mol. The molecule has 1 aliphatic rings. The molecule has 0 spiro atoms. The Hall–Kier alpha value is -1.06. The van der Waals surface area contributed by atoms with Gasteiger partial charge in [-0.1, -0.05) is 44.2 Å². The van der Waals surface area contributed by atoms with E-state index < -0.39 is 0 Å². The van der Waals surface area contributed by atoms with E-state index in [0.717, 1.165) is 17.2 Å². The first-order valence-corrected chi connectivity index (χ1v) is 7.91. The van der Waals surface area contributed by atoms with Crippen molar-refractivity contribution in [3.8, 4) is 5.75 Å². The number of ether oxygens (including phenoxy) is 1. The predicted octanol–water partition coefficient (Wildman–Crippen LogP) is 3.95. The van der Waals surface area contributed by atoms with Crippen LogP contribution in [0.2, 0.25) is 0 Å². The Bertz CT molecular complexity index is 402. The minimum Gasteiger partial charge on any atom is -0.491 e. The molecule has 0 aliphatic heterocycles. The molecule has 3 nitrogen and oxygen atoms in total. The summed E-state index contributed by atoms with van der Waals surface area (Å²) in [5.74, 6) is 7.29. The summed E-state index contributed by atoms with van der Waals surface area (Å²) in [6.45, 7) is 4.23. The zero-order valence-electron chi connectivity index (χ0n) is 12.8. The zero-order chi connectivity index (χ0) is 14.4. The molecule has 20 heavy (non-hydrogen) atoms. The van der Waals surface area contributed by atoms with Gasteiger partial charge in [0.2, 0.25) is 0 Å². The second-order valence-corrected chi connectivity index (χ2v) is 6.13. The standard InChI is InChI=1S/C17H28N2O/c1-13(11-15-7-4-3-5-8-15)20-17-10-6-9-16(12-17)14(2)19-18/h6,9-10,12-15,19H,3-5,7-8,11,18H2,1-2H3. The monoisotopic (exact) mass is 276 g/mol. The van der Waals surface area contributed by atoms with Gasteiger partial charge in [0.25, 0.3) is 0 Å². The van der Waals surface area contributed by atoms with E-state index in [1.165, 1.54) is 38.5 Å². The fourth-order valence-electron chi connectivity index (χ4n) is 3.13. The average Bonchev–Trinajstić information content (AvgIpc) is 2.47. The highest BCUT2D eigenvalue weighted by atomic mass is 16.5. The first-order chi connectivity index (χ1) is 9.69. The molecule has 0 heterocycles. The van der Waals surface area contributed by atoms with Crippen LogP contribution in [0.5, 0.6) is 5.75 Å². The quantitative estimate of drug-likeness (QED) is 0.611. The van der Waals surface area contributed by atoms with Crippen LogP contribution in [0.4, 0.5) is 0 Å². The number of nitrogens with two attached hydrogens (primary N) is 1. The molecule has 0 radical (unpaired) electrons. The highest BCUT2D eigenvalue weighted by Crippen LogP contribution is 2.29. The smallest absolute Gasteiger partial charge is 0.120 e. The summed E-state index contributed by atoms with van der Waals surface area (Å²) >= 11 is 0. The SMILES string of the molecule is CC(CC1CCCCC1)Oc1cccc(C(C)NN)c1. The van der Waals surface area contributed by atoms with Crippen LogP contribution in [0, 0.1) is 5.92 Å². The van der Waals surface area contributed by atoms with Gasteiger partial charge < -0.3 is 4.74 Å². The van der Waals surface area contributed by atoms with Crippen molar-refractivity contribution in [3.63, 3.8) is 0 Å². The molecule has 112 valence electrons. The molecule has 1 aromatic carbocycles. The van der Waals surface area contributed by atoms with E-state index in [4.69, 9.17) is 10.6 Å². The van der Waals surface area contributed by atoms with Crippen LogP contribution in [0.25, 0.3) is 0 Å². The van der Waals surface area contributed by atoms with Gasteiger partial charge in [-0.05, 0) is 43.9 Å². The predicted molar refractivity (Wildman–Crippen MR) is 83.5 cm³/mol. The third kappa shape index (κ3) is 4.50. The van der Waals surface area contributed by atoms with Crippen LogP contribution in [0.15, 0.2) is 24.3 Å². The summed E-state index contributed by atoms with van der Waals surface area (Å²) in [6, 6.07) is 8.37. The molecular weight excluding hydrogens is 248 g/mol. The molecule has 2 rings (SSSR count). The van der Waals surface area contributed by atoms with Crippen LogP contribution in [-0.2, 0) is 0 Å². The van der Waals surface area contributed by atoms with Crippen LogP contribution < -0.4 is 16.0 Å². The Morgan fingerprint density at radius 3 is 2.70 bits per heavy atom. The molecule has 3 N–H and O–H groups in total. The van der Waals surface area contributed by atoms with Gasteiger partial charge in [-0.25, -0.2) is 0 Å². The van der Waals surface area contributed by atoms with Gasteiger partial charge >= 0.3 is 0 Å². The molecule has 0 amide bonds. The summed E-state index contributed by atoms with van der Waals surface area (Å²) in [5, 5.41) is 0. The topological polar surface area (TPSA) is 47.3 Å². The number of hydrogen-bond donors (Lipinski definition) is 2. The van der Waals surface area contributed by atoms with Crippen molar-refractivity contribution in [3.05, 3.63) is 29.8 Å². The van der Waals surface area contributed by atoms with E-state index >= 15 is 0 Å². The lowest BCUT2D eigenvalue weighted by Gasteiger charge is -2.25. The lowest BCUT2D eigenvalue weighted by molar-refractivity contribution is 0.168. The van der Waals surface area contributed by atoms with Crippen molar-refractivity contribution in [2.75, 3.05) is 0 Å². The number of nitrogens with one attached hydrogen (secondary N) is 1. The van der Waals surface area contributed by atoms with E-state index in [1.807, 2.05) is 19.1 Å². The summed E-state index contributed by atoms with van der Waals surface area (Å²) in [4.78, 5) is 0. The first kappa shape index (κ1) is 15.3. The summed E-state index contributed by atoms with van der Waals surface area (Å²) in [6.07, 6.45) is 8.42. The van der Waals surface area contributed by atoms with Gasteiger partial charge in [0.15, 0.2) is 0 Å². The normalized spacial score (nSPS) is 19.6. The second kappa shape index (κ2) is 7.65. The van der Waals surface area contributed by atoms with E-state index in [1.54, 1.807) is 0 Å². The maximum Gasteiger partial charge on any atom is 0.120 e. The molecule has 2 atom stereocenters. The molecule has 1 saturated carbocycles. The van der Waals surface area contributed by atoms with Crippen molar-refractivity contribution in [2.45, 2.75) is 64.5 Å². The van der Waals surface area contributed by atoms with Gasteiger partial charge in [-0.2, -0.15) is 0 Å². The lowest BCUT2D eigenvalue weighted by Crippen LogP contribution is -2.25. The maximum atomic E-state index is 6.08. The third-order valence-electron chi connectivity index (χ3n) is 4.34. The molecule has 0 bridgehead atoms. The van der Waals surface area contributed by atoms with Crippen LogP contribution in [0.1, 0.15) is 64.0 Å². The number of hydrogen-bond acceptors (Lipinski definition) is 3. The second-order valence-electron chi connectivity index (χ2n) is 6.13. The van der Waals surface area contributed by atoms with Crippen molar-refractivity contribution in [1.29, 1.82) is 0 Å². The number of hydrazine groups is 1. The highest BCUT2D eigenvalue weighted by Gasteiger charge is 2.17. The molecule has 2 unspecified atom stereocenters. The van der Waals surface area contributed by atoms with Crippen molar-refractivity contribution >= 4 is 0 Å². The fourth-order valence-corrected chi connectivity index (χ4v) is 3.13. The van der Waals surface area contributed by atoms with Gasteiger partial charge in [0.05, 0.1) is 6.10 Å². The van der Waals surface area contributed by atoms with Gasteiger partial charge in [-0.3, -0.25) is 11.3 Å². The van der Waals surface area contributed by atoms with Crippen LogP contribution in [-0.4, -0.2) is 6.10 Å². The van der Waals surface area contributed by atoms with E-state index in [9.17, 15) is 0 Å². The van der Waals surface area contributed by atoms with E-state index in [0.29, 0.717) is 0 Å². The van der Waals surface area contributed by atoms with Crippen molar-refractivity contribution in [1.82, 2.24) is 5.43 Å². The number of rotatable bonds is 6. The first-order valence-electron chi connectivity index (χ1n) is 7.91. The molecule has 1 fully saturated rings. The zero-order valence-corrected chi connectivity index (χ0v) is 12.8. The summed E-state index contributed by atoms with van der Waals surface area (Å²) in [7, 11) is 0. The molecule has 1 aliphatic carbocycles. The Morgan fingerprint density at radius 1 is 1.25 bits per heavy atom. The van der Waals surface area contributed by atoms with Gasteiger partial charge in [0, 0.05) is 6.04 Å². The molecule has 0 saturated heterocycles. The van der Waals surface area contributed by atoms with Crippen molar-refractivity contribution < 1.29 is 4.74 Å². The molecule has 0 aromatic heterocycles. The molecule has 1 aromatic rings. The number of benzene rings is 1. The van der Waals surface area contributed by atoms with Gasteiger partial charge in [-0.15, -0.1) is 0 Å². The Labute approximate surface area is 122 Å². The van der Waals surface area contributed by atoms with Crippen molar-refractivity contribution in [2.24, 2.45) is 11.8 Å². The van der Waals surface area contributed by atoms with Gasteiger partial charge in [0.1, 0.15) is 5.75 Å². The lowest BCUT2D eigenvalue weighted by atomic mass is 9.85. The Balaban J connectivity index is 1.88. The minimum absolute atomic E-state index is 0.146. The van der Waals surface area contributed by atoms with E-state index in [2.05, 4.69) is 24.5 Å². The fraction of sp³-hybridized carbons (Fsp3) is 0.647. The Kier molecular flexibility index (Phi) is 5.86. The summed E-state index contributed by atoms with van der Waals surface area (Å²) < 4.78 is 6.08. The minimum atomic E-state index is 0.146. The maximum absolute atomic E-state index is 6.08. The Morgan fingerprint density at radius 2 is 2.00 bits per heavy atom. The van der Waals surface area contributed by atoms with Crippen LogP contribution in [0.3, 0.4) is 0 Å². The molecule has 3 heteroatoms. The third-order valence-corrected chi connectivity index (χ3v) is 4.34.